The van der Waals surface area contributed by atoms with Crippen molar-refractivity contribution in [3.05, 3.63) is 76.5 Å². The van der Waals surface area contributed by atoms with Crippen LogP contribution in [0.1, 0.15) is 53.6 Å². The third-order valence-corrected chi connectivity index (χ3v) is 7.16. The van der Waals surface area contributed by atoms with Gasteiger partial charge in [-0.1, -0.05) is 24.3 Å². The van der Waals surface area contributed by atoms with E-state index in [-0.39, 0.29) is 11.9 Å². The molecule has 1 unspecified atom stereocenters. The number of carbonyl (C=O) groups excluding carboxylic acids is 1. The molecule has 1 amide bonds. The van der Waals surface area contributed by atoms with Crippen molar-refractivity contribution >= 4 is 23.0 Å². The molecule has 6 rings (SSSR count). The molecule has 6 nitrogen and oxygen atoms in total. The molecule has 0 radical (unpaired) electrons. The third-order valence-electron chi connectivity index (χ3n) is 7.16. The van der Waals surface area contributed by atoms with Crippen molar-refractivity contribution < 1.29 is 4.79 Å². The van der Waals surface area contributed by atoms with Crippen LogP contribution in [0, 0.1) is 11.3 Å². The van der Waals surface area contributed by atoms with Crippen molar-refractivity contribution in [2.24, 2.45) is 4.99 Å². The number of nitriles is 1. The first kappa shape index (κ1) is 19.9. The van der Waals surface area contributed by atoms with Crippen LogP contribution in [0.4, 0.5) is 0 Å². The van der Waals surface area contributed by atoms with Crippen LogP contribution in [-0.4, -0.2) is 45.4 Å². The molecule has 2 aromatic carbocycles. The number of benzene rings is 2. The van der Waals surface area contributed by atoms with Gasteiger partial charge in [0.15, 0.2) is 0 Å². The first-order chi connectivity index (χ1) is 16.2. The van der Waals surface area contributed by atoms with E-state index in [1.165, 1.54) is 11.1 Å². The average Bonchev–Trinajstić information content (AvgIpc) is 3.41. The molecule has 1 aromatic heterocycles. The van der Waals surface area contributed by atoms with Crippen LogP contribution in [0.5, 0.6) is 0 Å². The van der Waals surface area contributed by atoms with Crippen molar-refractivity contribution in [2.75, 3.05) is 6.54 Å². The maximum atomic E-state index is 13.9. The van der Waals surface area contributed by atoms with Crippen LogP contribution < -0.4 is 0 Å². The van der Waals surface area contributed by atoms with Crippen LogP contribution in [0.25, 0.3) is 10.9 Å². The Bertz CT molecular complexity index is 1350. The lowest BCUT2D eigenvalue weighted by Crippen LogP contribution is -2.43. The van der Waals surface area contributed by atoms with Crippen molar-refractivity contribution in [3.8, 4) is 6.07 Å². The summed E-state index contributed by atoms with van der Waals surface area (Å²) in [5.41, 5.74) is 6.00. The van der Waals surface area contributed by atoms with Gasteiger partial charge in [0, 0.05) is 23.7 Å². The van der Waals surface area contributed by atoms with Crippen molar-refractivity contribution in [1.82, 2.24) is 14.7 Å². The first-order valence-corrected chi connectivity index (χ1v) is 11.7. The minimum Gasteiger partial charge on any atom is -0.332 e. The minimum absolute atomic E-state index is 0.115. The highest BCUT2D eigenvalue weighted by molar-refractivity contribution is 6.06. The number of hydrogen-bond acceptors (Lipinski definition) is 4. The van der Waals surface area contributed by atoms with Crippen LogP contribution in [-0.2, 0) is 6.54 Å². The van der Waals surface area contributed by atoms with E-state index in [4.69, 9.17) is 0 Å². The number of nitrogens with zero attached hydrogens (tertiary/aromatic N) is 5. The van der Waals surface area contributed by atoms with Gasteiger partial charge in [-0.3, -0.25) is 14.5 Å². The Morgan fingerprint density at radius 1 is 1.12 bits per heavy atom. The summed E-state index contributed by atoms with van der Waals surface area (Å²) in [6, 6.07) is 16.3. The molecular formula is C27H25N5O. The summed E-state index contributed by atoms with van der Waals surface area (Å²) in [5, 5.41) is 14.9. The second-order valence-corrected chi connectivity index (χ2v) is 9.25. The zero-order valence-electron chi connectivity index (χ0n) is 18.4. The highest BCUT2D eigenvalue weighted by atomic mass is 16.2. The molecule has 3 aliphatic rings. The van der Waals surface area contributed by atoms with Gasteiger partial charge in [0.05, 0.1) is 42.0 Å². The first-order valence-electron chi connectivity index (χ1n) is 11.7. The Hall–Kier alpha value is -3.72. The van der Waals surface area contributed by atoms with E-state index in [9.17, 15) is 10.1 Å². The molecule has 164 valence electrons. The number of rotatable bonds is 5. The summed E-state index contributed by atoms with van der Waals surface area (Å²) >= 11 is 0. The number of amides is 1. The Kier molecular flexibility index (Phi) is 4.83. The molecule has 3 aromatic rings. The summed E-state index contributed by atoms with van der Waals surface area (Å²) < 4.78 is 1.89. The van der Waals surface area contributed by atoms with Crippen molar-refractivity contribution in [1.29, 1.82) is 5.26 Å². The van der Waals surface area contributed by atoms with E-state index in [0.29, 0.717) is 18.2 Å². The molecule has 2 heterocycles. The van der Waals surface area contributed by atoms with Gasteiger partial charge in [0.1, 0.15) is 0 Å². The zero-order chi connectivity index (χ0) is 22.4. The van der Waals surface area contributed by atoms with E-state index in [2.05, 4.69) is 21.1 Å². The van der Waals surface area contributed by atoms with Gasteiger partial charge in [0.2, 0.25) is 0 Å². The van der Waals surface area contributed by atoms with Gasteiger partial charge in [-0.05, 0) is 67.0 Å². The predicted octanol–water partition coefficient (Wildman–Crippen LogP) is 4.49. The van der Waals surface area contributed by atoms with Crippen molar-refractivity contribution in [2.45, 2.75) is 50.7 Å². The zero-order valence-corrected chi connectivity index (χ0v) is 18.4. The Morgan fingerprint density at radius 3 is 2.85 bits per heavy atom. The number of aliphatic imine (C=N–C) groups is 1. The van der Waals surface area contributed by atoms with Gasteiger partial charge in [-0.15, -0.1) is 0 Å². The van der Waals surface area contributed by atoms with Crippen LogP contribution in [0.3, 0.4) is 0 Å². The Balaban J connectivity index is 1.32. The minimum atomic E-state index is 0.115. The summed E-state index contributed by atoms with van der Waals surface area (Å²) in [5.74, 6) is 0.115. The number of carbonyl (C=O) groups is 1. The molecule has 1 atom stereocenters. The number of hydrogen-bond donors (Lipinski definition) is 0. The Labute approximate surface area is 192 Å². The summed E-state index contributed by atoms with van der Waals surface area (Å²) in [7, 11) is 0. The molecule has 0 bridgehead atoms. The van der Waals surface area contributed by atoms with Crippen LogP contribution in [0.2, 0.25) is 0 Å². The van der Waals surface area contributed by atoms with Gasteiger partial charge >= 0.3 is 0 Å². The second-order valence-electron chi connectivity index (χ2n) is 9.25. The van der Waals surface area contributed by atoms with Gasteiger partial charge in [0.25, 0.3) is 5.91 Å². The number of fused-ring (bicyclic) bond motifs is 1. The lowest BCUT2D eigenvalue weighted by Gasteiger charge is -2.35. The van der Waals surface area contributed by atoms with E-state index < -0.39 is 0 Å². The molecule has 0 N–H and O–H groups in total. The molecule has 1 aliphatic heterocycles. The molecule has 0 spiro atoms. The topological polar surface area (TPSA) is 74.3 Å². The normalized spacial score (nSPS) is 19.5. The molecule has 33 heavy (non-hydrogen) atoms. The lowest BCUT2D eigenvalue weighted by molar-refractivity contribution is 0.0647. The standard InChI is InChI=1S/C27H25N5O/c28-13-18-4-1-2-5-20(18)17-31-26-7-3-6-24(25(26)16-30-31)27(33)32(22-10-11-22)23-9-8-19-14-29-15-21(19)12-23/h1-7,15-16,22-23H,8-12,14,17H2. The monoisotopic (exact) mass is 435 g/mol. The van der Waals surface area contributed by atoms with Gasteiger partial charge < -0.3 is 4.90 Å². The summed E-state index contributed by atoms with van der Waals surface area (Å²) in [6.45, 7) is 1.34. The van der Waals surface area contributed by atoms with Gasteiger partial charge in [-0.2, -0.15) is 10.4 Å². The second kappa shape index (κ2) is 8.00. The Morgan fingerprint density at radius 2 is 2.00 bits per heavy atom. The van der Waals surface area contributed by atoms with Gasteiger partial charge in [-0.25, -0.2) is 0 Å². The van der Waals surface area contributed by atoms with E-state index in [1.54, 1.807) is 6.20 Å². The molecule has 2 aliphatic carbocycles. The predicted molar refractivity (Wildman–Crippen MR) is 127 cm³/mol. The average molecular weight is 436 g/mol. The third kappa shape index (κ3) is 3.54. The fraction of sp³-hybridized carbons (Fsp3) is 0.333. The van der Waals surface area contributed by atoms with Crippen LogP contribution in [0.15, 0.2) is 64.8 Å². The van der Waals surface area contributed by atoms with Crippen molar-refractivity contribution in [3.63, 3.8) is 0 Å². The lowest BCUT2D eigenvalue weighted by atomic mass is 9.88. The molecule has 6 heteroatoms. The molecule has 1 saturated carbocycles. The summed E-state index contributed by atoms with van der Waals surface area (Å²) in [6.07, 6.45) is 8.96. The highest BCUT2D eigenvalue weighted by Gasteiger charge is 2.40. The van der Waals surface area contributed by atoms with E-state index in [0.717, 1.165) is 60.7 Å². The molecular weight excluding hydrogens is 410 g/mol. The quantitative estimate of drug-likeness (QED) is 0.592. The summed E-state index contributed by atoms with van der Waals surface area (Å²) in [4.78, 5) is 20.5. The fourth-order valence-corrected chi connectivity index (χ4v) is 5.30. The van der Waals surface area contributed by atoms with E-state index in [1.807, 2.05) is 53.4 Å². The maximum absolute atomic E-state index is 13.9. The largest absolute Gasteiger partial charge is 0.332 e. The molecule has 0 saturated heterocycles. The highest BCUT2D eigenvalue weighted by Crippen LogP contribution is 2.38. The van der Waals surface area contributed by atoms with Crippen LogP contribution >= 0.6 is 0 Å². The smallest absolute Gasteiger partial charge is 0.255 e. The number of aromatic nitrogens is 2. The van der Waals surface area contributed by atoms with E-state index >= 15 is 0 Å². The molecule has 1 fully saturated rings. The fourth-order valence-electron chi connectivity index (χ4n) is 5.30. The SMILES string of the molecule is N#Cc1ccccc1Cn1ncc2c(C(=O)N(C3CC3)C3CCC4=C(C=NC4)C3)cccc21. The maximum Gasteiger partial charge on any atom is 0.255 e.